The summed E-state index contributed by atoms with van der Waals surface area (Å²) in [5.74, 6) is 0.326. The van der Waals surface area contributed by atoms with Crippen molar-refractivity contribution in [3.8, 4) is 11.3 Å². The van der Waals surface area contributed by atoms with Crippen LogP contribution in [0.3, 0.4) is 0 Å². The van der Waals surface area contributed by atoms with Crippen molar-refractivity contribution in [2.24, 2.45) is 0 Å². The van der Waals surface area contributed by atoms with Gasteiger partial charge in [0, 0.05) is 58.0 Å². The van der Waals surface area contributed by atoms with Gasteiger partial charge in [0.2, 0.25) is 0 Å². The minimum absolute atomic E-state index is 0.0915. The summed E-state index contributed by atoms with van der Waals surface area (Å²) in [6.45, 7) is 1.48. The summed E-state index contributed by atoms with van der Waals surface area (Å²) in [5.41, 5.74) is 4.74. The number of amides is 1. The van der Waals surface area contributed by atoms with Crippen molar-refractivity contribution in [3.63, 3.8) is 0 Å². The number of nitrogens with zero attached hydrogens (tertiary/aromatic N) is 2. The Morgan fingerprint density at radius 3 is 2.87 bits per heavy atom. The number of piperidine rings is 1. The van der Waals surface area contributed by atoms with Gasteiger partial charge in [-0.1, -0.05) is 29.8 Å². The predicted molar refractivity (Wildman–Crippen MR) is 121 cm³/mol. The van der Waals surface area contributed by atoms with Crippen LogP contribution in [0.1, 0.15) is 34.8 Å². The third kappa shape index (κ3) is 3.71. The maximum Gasteiger partial charge on any atom is 0.253 e. The van der Waals surface area contributed by atoms with E-state index in [1.54, 1.807) is 0 Å². The topological polar surface area (TPSA) is 49.0 Å². The van der Waals surface area contributed by atoms with E-state index in [-0.39, 0.29) is 11.8 Å². The van der Waals surface area contributed by atoms with Gasteiger partial charge in [-0.2, -0.15) is 0 Å². The van der Waals surface area contributed by atoms with Crippen LogP contribution < -0.4 is 0 Å². The lowest BCUT2D eigenvalue weighted by molar-refractivity contribution is 0.0706. The van der Waals surface area contributed by atoms with Crippen LogP contribution in [-0.2, 0) is 0 Å². The molecule has 0 unspecified atom stereocenters. The van der Waals surface area contributed by atoms with Gasteiger partial charge in [-0.15, -0.1) is 0 Å². The summed E-state index contributed by atoms with van der Waals surface area (Å²) in [5, 5.41) is 1.76. The minimum Gasteiger partial charge on any atom is -0.361 e. The van der Waals surface area contributed by atoms with Crippen LogP contribution in [0.2, 0.25) is 5.02 Å². The number of aromatic amines is 1. The number of benzene rings is 2. The van der Waals surface area contributed by atoms with Crippen molar-refractivity contribution in [1.29, 1.82) is 0 Å². The molecule has 1 fully saturated rings. The number of fused-ring (bicyclic) bond motifs is 1. The number of likely N-dealkylation sites (tertiary alicyclic amines) is 1. The number of carbonyl (C=O) groups is 1. The third-order valence-electron chi connectivity index (χ3n) is 5.82. The van der Waals surface area contributed by atoms with Gasteiger partial charge in [-0.05, 0) is 61.4 Å². The molecule has 4 aromatic rings. The number of hydrogen-bond acceptors (Lipinski definition) is 2. The second-order valence-electron chi connectivity index (χ2n) is 7.83. The monoisotopic (exact) mass is 415 g/mol. The summed E-state index contributed by atoms with van der Waals surface area (Å²) >= 11 is 6.15. The zero-order valence-electron chi connectivity index (χ0n) is 16.5. The maximum atomic E-state index is 13.1. The summed E-state index contributed by atoms with van der Waals surface area (Å²) in [4.78, 5) is 23.2. The van der Waals surface area contributed by atoms with E-state index >= 15 is 0 Å². The van der Waals surface area contributed by atoms with Gasteiger partial charge >= 0.3 is 0 Å². The van der Waals surface area contributed by atoms with Crippen LogP contribution in [0.4, 0.5) is 0 Å². The van der Waals surface area contributed by atoms with Crippen molar-refractivity contribution < 1.29 is 4.79 Å². The fourth-order valence-corrected chi connectivity index (χ4v) is 4.45. The molecule has 4 nitrogen and oxygen atoms in total. The molecule has 1 aliphatic heterocycles. The molecule has 2 aromatic heterocycles. The van der Waals surface area contributed by atoms with Gasteiger partial charge in [-0.25, -0.2) is 0 Å². The summed E-state index contributed by atoms with van der Waals surface area (Å²) in [6, 6.07) is 21.7. The van der Waals surface area contributed by atoms with Crippen molar-refractivity contribution in [3.05, 3.63) is 89.2 Å². The van der Waals surface area contributed by atoms with E-state index in [0.717, 1.165) is 52.8 Å². The molecule has 0 saturated carbocycles. The molecule has 1 atom stereocenters. The summed E-state index contributed by atoms with van der Waals surface area (Å²) in [7, 11) is 0. The average molecular weight is 416 g/mol. The van der Waals surface area contributed by atoms with E-state index in [0.29, 0.717) is 11.6 Å². The van der Waals surface area contributed by atoms with Crippen molar-refractivity contribution in [1.82, 2.24) is 14.9 Å². The van der Waals surface area contributed by atoms with E-state index in [9.17, 15) is 4.79 Å². The Labute approximate surface area is 180 Å². The van der Waals surface area contributed by atoms with Crippen LogP contribution >= 0.6 is 11.6 Å². The largest absolute Gasteiger partial charge is 0.361 e. The molecule has 30 heavy (non-hydrogen) atoms. The first-order valence-corrected chi connectivity index (χ1v) is 10.6. The van der Waals surface area contributed by atoms with Crippen molar-refractivity contribution >= 4 is 28.4 Å². The molecule has 1 saturated heterocycles. The van der Waals surface area contributed by atoms with Gasteiger partial charge in [0.05, 0.1) is 5.69 Å². The highest BCUT2D eigenvalue weighted by molar-refractivity contribution is 6.30. The van der Waals surface area contributed by atoms with Crippen LogP contribution in [0.25, 0.3) is 22.2 Å². The lowest BCUT2D eigenvalue weighted by atomic mass is 9.93. The lowest BCUT2D eigenvalue weighted by Crippen LogP contribution is -2.39. The standard InChI is InChI=1S/C25H22ClN3O/c26-21-6-1-4-17(15-21)23-7-2-8-24(28-23)20-5-3-13-29(16-20)25(30)19-9-10-22-18(14-19)11-12-27-22/h1-2,4,6-12,14-15,20,27H,3,5,13,16H2/t20-/m0/s1. The van der Waals surface area contributed by atoms with Crippen LogP contribution in [-0.4, -0.2) is 33.9 Å². The fraction of sp³-hybridized carbons (Fsp3) is 0.200. The molecule has 5 heteroatoms. The van der Waals surface area contributed by atoms with Gasteiger partial charge in [0.25, 0.3) is 5.91 Å². The number of aromatic nitrogens is 2. The molecule has 0 aliphatic carbocycles. The van der Waals surface area contributed by atoms with E-state index in [4.69, 9.17) is 16.6 Å². The van der Waals surface area contributed by atoms with Crippen molar-refractivity contribution in [2.45, 2.75) is 18.8 Å². The number of nitrogens with one attached hydrogen (secondary N) is 1. The molecule has 150 valence electrons. The molecule has 1 N–H and O–H groups in total. The molecule has 1 amide bonds. The number of pyridine rings is 1. The molecule has 5 rings (SSSR count). The van der Waals surface area contributed by atoms with Gasteiger partial charge in [0.1, 0.15) is 0 Å². The number of carbonyl (C=O) groups excluding carboxylic acids is 1. The normalized spacial score (nSPS) is 16.7. The molecule has 2 aromatic carbocycles. The van der Waals surface area contributed by atoms with E-state index in [1.807, 2.05) is 71.8 Å². The Bertz CT molecular complexity index is 1220. The second-order valence-corrected chi connectivity index (χ2v) is 8.26. The molecular formula is C25H22ClN3O. The highest BCUT2D eigenvalue weighted by atomic mass is 35.5. The molecule has 3 heterocycles. The zero-order chi connectivity index (χ0) is 20.5. The molecular weight excluding hydrogens is 394 g/mol. The highest BCUT2D eigenvalue weighted by Crippen LogP contribution is 2.29. The first kappa shape index (κ1) is 18.9. The zero-order valence-corrected chi connectivity index (χ0v) is 17.3. The molecule has 0 radical (unpaired) electrons. The van der Waals surface area contributed by atoms with E-state index < -0.39 is 0 Å². The van der Waals surface area contributed by atoms with Crippen molar-refractivity contribution in [2.75, 3.05) is 13.1 Å². The van der Waals surface area contributed by atoms with E-state index in [2.05, 4.69) is 11.1 Å². The lowest BCUT2D eigenvalue weighted by Gasteiger charge is -2.32. The number of H-pyrrole nitrogens is 1. The maximum absolute atomic E-state index is 13.1. The van der Waals surface area contributed by atoms with E-state index in [1.165, 1.54) is 0 Å². The smallest absolute Gasteiger partial charge is 0.253 e. The number of halogens is 1. The first-order valence-electron chi connectivity index (χ1n) is 10.3. The SMILES string of the molecule is O=C(c1ccc2[nH]ccc2c1)N1CCC[C@H](c2cccc(-c3cccc(Cl)c3)n2)C1. The quantitative estimate of drug-likeness (QED) is 0.452. The van der Waals surface area contributed by atoms with Crippen LogP contribution in [0.15, 0.2) is 72.9 Å². The Morgan fingerprint density at radius 2 is 1.97 bits per heavy atom. The summed E-state index contributed by atoms with van der Waals surface area (Å²) < 4.78 is 0. The fourth-order valence-electron chi connectivity index (χ4n) is 4.26. The Morgan fingerprint density at radius 1 is 1.07 bits per heavy atom. The first-order chi connectivity index (χ1) is 14.7. The minimum atomic E-state index is 0.0915. The van der Waals surface area contributed by atoms with Crippen LogP contribution in [0, 0.1) is 0 Å². The Balaban J connectivity index is 1.37. The number of rotatable bonds is 3. The molecule has 1 aliphatic rings. The van der Waals surface area contributed by atoms with Gasteiger partial charge < -0.3 is 9.88 Å². The Hall–Kier alpha value is -3.11. The third-order valence-corrected chi connectivity index (χ3v) is 6.05. The number of hydrogen-bond donors (Lipinski definition) is 1. The molecule has 0 bridgehead atoms. The predicted octanol–water partition coefficient (Wildman–Crippen LogP) is 5.90. The highest BCUT2D eigenvalue weighted by Gasteiger charge is 2.26. The van der Waals surface area contributed by atoms with Gasteiger partial charge in [0.15, 0.2) is 0 Å². The summed E-state index contributed by atoms with van der Waals surface area (Å²) in [6.07, 6.45) is 3.91. The average Bonchev–Trinajstić information content (AvgIpc) is 3.27. The van der Waals surface area contributed by atoms with Gasteiger partial charge in [-0.3, -0.25) is 9.78 Å². The van der Waals surface area contributed by atoms with Crippen LogP contribution in [0.5, 0.6) is 0 Å². The Kier molecular flexibility index (Phi) is 5.01. The second kappa shape index (κ2) is 7.96. The molecule has 0 spiro atoms.